The third-order valence-electron chi connectivity index (χ3n) is 4.36. The number of carboxylic acids is 1. The Balaban J connectivity index is 2.15. The normalized spacial score (nSPS) is 29.0. The van der Waals surface area contributed by atoms with Gasteiger partial charge in [-0.05, 0) is 13.8 Å². The van der Waals surface area contributed by atoms with Crippen LogP contribution in [0.4, 0.5) is 0 Å². The summed E-state index contributed by atoms with van der Waals surface area (Å²) in [5.74, 6) is -3.47. The highest BCUT2D eigenvalue weighted by molar-refractivity contribution is 8.01. The molecule has 0 aromatic heterocycles. The number of nitrogens with zero attached hydrogens (tertiary/aromatic N) is 2. The van der Waals surface area contributed by atoms with Crippen LogP contribution < -0.4 is 0 Å². The molecule has 4 atom stereocenters. The number of thioether (sulfide) groups is 1. The lowest BCUT2D eigenvalue weighted by atomic mass is 9.87. The predicted molar refractivity (Wildman–Crippen MR) is 84.0 cm³/mol. The van der Waals surface area contributed by atoms with Gasteiger partial charge >= 0.3 is 5.97 Å². The molecule has 0 spiro atoms. The van der Waals surface area contributed by atoms with Crippen LogP contribution in [-0.2, 0) is 14.4 Å². The highest BCUT2D eigenvalue weighted by atomic mass is 32.2. The molecule has 2 saturated heterocycles. The van der Waals surface area contributed by atoms with E-state index in [4.69, 9.17) is 10.2 Å². The summed E-state index contributed by atoms with van der Waals surface area (Å²) in [6.07, 6.45) is -1.63. The number of rotatable bonds is 7. The Hall–Kier alpha value is -1.36. The summed E-state index contributed by atoms with van der Waals surface area (Å²) >= 11 is 1.24. The van der Waals surface area contributed by atoms with Crippen LogP contribution in [-0.4, -0.2) is 96.6 Å². The maximum absolute atomic E-state index is 12.3. The van der Waals surface area contributed by atoms with Crippen LogP contribution >= 0.6 is 11.8 Å². The molecule has 10 heteroatoms. The summed E-state index contributed by atoms with van der Waals surface area (Å²) in [6.45, 7) is 2.60. The van der Waals surface area contributed by atoms with E-state index >= 15 is 0 Å². The SMILES string of the molecule is CC1(C)S[C@@H]2[C@H]([C@H](O)C(=O)N(CCO)CCO)C(=O)N2[C@H]1C(=O)O. The molecule has 2 rings (SSSR count). The first-order valence-corrected chi connectivity index (χ1v) is 8.46. The highest BCUT2D eigenvalue weighted by Gasteiger charge is 2.66. The molecule has 136 valence electrons. The third kappa shape index (κ3) is 2.99. The van der Waals surface area contributed by atoms with Crippen molar-refractivity contribution in [3.63, 3.8) is 0 Å². The smallest absolute Gasteiger partial charge is 0.327 e. The van der Waals surface area contributed by atoms with Crippen LogP contribution in [0.3, 0.4) is 0 Å². The molecule has 0 saturated carbocycles. The Morgan fingerprint density at radius 2 is 1.83 bits per heavy atom. The zero-order valence-corrected chi connectivity index (χ0v) is 14.3. The number of amides is 2. The molecule has 2 aliphatic rings. The van der Waals surface area contributed by atoms with E-state index in [1.807, 2.05) is 0 Å². The second-order valence-corrected chi connectivity index (χ2v) is 8.11. The fraction of sp³-hybridized carbons (Fsp3) is 0.786. The van der Waals surface area contributed by atoms with Gasteiger partial charge in [0.25, 0.3) is 5.91 Å². The molecule has 2 amide bonds. The van der Waals surface area contributed by atoms with Gasteiger partial charge in [0.1, 0.15) is 18.1 Å². The Labute approximate surface area is 143 Å². The van der Waals surface area contributed by atoms with Crippen molar-refractivity contribution in [3.8, 4) is 0 Å². The van der Waals surface area contributed by atoms with E-state index in [2.05, 4.69) is 0 Å². The zero-order chi connectivity index (χ0) is 18.2. The van der Waals surface area contributed by atoms with Gasteiger partial charge in [0.05, 0.1) is 18.6 Å². The van der Waals surface area contributed by atoms with Crippen molar-refractivity contribution in [1.82, 2.24) is 9.80 Å². The lowest BCUT2D eigenvalue weighted by molar-refractivity contribution is -0.173. The number of hydrogen-bond donors (Lipinski definition) is 4. The minimum absolute atomic E-state index is 0.0673. The van der Waals surface area contributed by atoms with E-state index in [0.717, 1.165) is 4.90 Å². The van der Waals surface area contributed by atoms with Crippen LogP contribution in [0.25, 0.3) is 0 Å². The number of carboxylic acid groups (broad SMARTS) is 1. The summed E-state index contributed by atoms with van der Waals surface area (Å²) in [7, 11) is 0. The summed E-state index contributed by atoms with van der Waals surface area (Å²) in [5, 5.41) is 37.0. The van der Waals surface area contributed by atoms with Crippen LogP contribution in [0.2, 0.25) is 0 Å². The molecule has 0 aliphatic carbocycles. The van der Waals surface area contributed by atoms with Crippen molar-refractivity contribution in [3.05, 3.63) is 0 Å². The first-order chi connectivity index (χ1) is 11.2. The van der Waals surface area contributed by atoms with Gasteiger partial charge in [0.15, 0.2) is 0 Å². The number of hydrogen-bond acceptors (Lipinski definition) is 7. The van der Waals surface area contributed by atoms with Crippen molar-refractivity contribution >= 4 is 29.5 Å². The monoisotopic (exact) mass is 362 g/mol. The van der Waals surface area contributed by atoms with Gasteiger partial charge in [-0.2, -0.15) is 0 Å². The zero-order valence-electron chi connectivity index (χ0n) is 13.5. The molecular weight excluding hydrogens is 340 g/mol. The quantitative estimate of drug-likeness (QED) is 0.379. The molecule has 0 unspecified atom stereocenters. The lowest BCUT2D eigenvalue weighted by Crippen LogP contribution is -2.67. The largest absolute Gasteiger partial charge is 0.480 e. The number of aliphatic hydroxyl groups is 3. The maximum Gasteiger partial charge on any atom is 0.327 e. The molecule has 0 radical (unpaired) electrons. The average molecular weight is 362 g/mol. The van der Waals surface area contributed by atoms with E-state index in [-0.39, 0.29) is 26.3 Å². The molecule has 2 aliphatic heterocycles. The molecule has 9 nitrogen and oxygen atoms in total. The van der Waals surface area contributed by atoms with E-state index < -0.39 is 46.0 Å². The van der Waals surface area contributed by atoms with E-state index in [1.165, 1.54) is 16.7 Å². The Bertz CT molecular complexity index is 535. The lowest BCUT2D eigenvalue weighted by Gasteiger charge is -2.45. The molecule has 4 N–H and O–H groups in total. The van der Waals surface area contributed by atoms with Gasteiger partial charge in [-0.3, -0.25) is 9.59 Å². The Morgan fingerprint density at radius 3 is 2.29 bits per heavy atom. The number of carbonyl (C=O) groups excluding carboxylic acids is 2. The van der Waals surface area contributed by atoms with Crippen LogP contribution in [0.15, 0.2) is 0 Å². The minimum Gasteiger partial charge on any atom is -0.480 e. The van der Waals surface area contributed by atoms with Gasteiger partial charge in [-0.25, -0.2) is 4.79 Å². The van der Waals surface area contributed by atoms with Crippen LogP contribution in [0, 0.1) is 5.92 Å². The molecule has 24 heavy (non-hydrogen) atoms. The van der Waals surface area contributed by atoms with Crippen LogP contribution in [0.1, 0.15) is 13.8 Å². The molecule has 0 aromatic carbocycles. The summed E-state index contributed by atoms with van der Waals surface area (Å²) in [6, 6.07) is -1.01. The van der Waals surface area contributed by atoms with Crippen LogP contribution in [0.5, 0.6) is 0 Å². The van der Waals surface area contributed by atoms with Gasteiger partial charge < -0.3 is 30.2 Å². The minimum atomic E-state index is -1.63. The molecule has 2 heterocycles. The maximum atomic E-state index is 12.3. The van der Waals surface area contributed by atoms with Crippen molar-refractivity contribution in [2.75, 3.05) is 26.3 Å². The van der Waals surface area contributed by atoms with Gasteiger partial charge in [-0.1, -0.05) is 0 Å². The number of aliphatic hydroxyl groups excluding tert-OH is 3. The Kier molecular flexibility index (Phi) is 5.43. The first-order valence-electron chi connectivity index (χ1n) is 7.58. The number of fused-ring (bicyclic) bond motifs is 1. The molecule has 0 aromatic rings. The second-order valence-electron chi connectivity index (χ2n) is 6.34. The van der Waals surface area contributed by atoms with Crippen molar-refractivity contribution in [1.29, 1.82) is 0 Å². The predicted octanol–water partition coefficient (Wildman–Crippen LogP) is -2.08. The molecule has 2 fully saturated rings. The molecular formula is C14H22N2O7S. The summed E-state index contributed by atoms with van der Waals surface area (Å²) in [5.41, 5.74) is 0. The summed E-state index contributed by atoms with van der Waals surface area (Å²) in [4.78, 5) is 38.4. The van der Waals surface area contributed by atoms with Gasteiger partial charge in [0, 0.05) is 17.8 Å². The van der Waals surface area contributed by atoms with Gasteiger partial charge in [0.2, 0.25) is 5.91 Å². The number of carbonyl (C=O) groups is 3. The van der Waals surface area contributed by atoms with Gasteiger partial charge in [-0.15, -0.1) is 11.8 Å². The van der Waals surface area contributed by atoms with Crippen molar-refractivity contribution in [2.24, 2.45) is 5.92 Å². The standard InChI is InChI=1S/C14H22N2O7S/c1-14(2)9(13(22)23)16-10(20)7(12(16)24-14)8(19)11(21)15(3-5-17)4-6-18/h7-9,12,17-19H,3-6H2,1-2H3,(H,22,23)/t7-,8+,9+,12-/m1/s1. The van der Waals surface area contributed by atoms with Crippen molar-refractivity contribution < 1.29 is 34.8 Å². The first kappa shape index (κ1) is 19.0. The van der Waals surface area contributed by atoms with E-state index in [0.29, 0.717) is 0 Å². The Morgan fingerprint density at radius 1 is 1.29 bits per heavy atom. The topological polar surface area (TPSA) is 139 Å². The highest BCUT2D eigenvalue weighted by Crippen LogP contribution is 2.54. The second kappa shape index (κ2) is 6.87. The molecule has 0 bridgehead atoms. The summed E-state index contributed by atoms with van der Waals surface area (Å²) < 4.78 is -0.737. The van der Waals surface area contributed by atoms with Crippen molar-refractivity contribution in [2.45, 2.75) is 36.1 Å². The fourth-order valence-corrected chi connectivity index (χ4v) is 4.96. The fourth-order valence-electron chi connectivity index (χ4n) is 3.25. The third-order valence-corrected chi connectivity index (χ3v) is 5.95. The number of aliphatic carboxylic acids is 1. The number of β-lactam (4-membered cyclic amide) rings is 1. The average Bonchev–Trinajstić information content (AvgIpc) is 2.74. The van der Waals surface area contributed by atoms with E-state index in [1.54, 1.807) is 13.8 Å². The van der Waals surface area contributed by atoms with E-state index in [9.17, 15) is 24.6 Å².